The van der Waals surface area contributed by atoms with Crippen molar-refractivity contribution in [3.05, 3.63) is 84.1 Å². The Morgan fingerprint density at radius 3 is 2.50 bits per heavy atom. The lowest BCUT2D eigenvalue weighted by Gasteiger charge is -2.25. The Balaban J connectivity index is 1.59. The van der Waals surface area contributed by atoms with E-state index in [0.29, 0.717) is 37.2 Å². The van der Waals surface area contributed by atoms with Gasteiger partial charge in [0.05, 0.1) is 20.2 Å². The van der Waals surface area contributed by atoms with Crippen molar-refractivity contribution in [3.8, 4) is 17.4 Å². The molecule has 1 atom stereocenters. The Bertz CT molecular complexity index is 1010. The molecule has 0 spiro atoms. The zero-order valence-corrected chi connectivity index (χ0v) is 18.7. The van der Waals surface area contributed by atoms with Crippen molar-refractivity contribution in [2.75, 3.05) is 20.2 Å². The van der Waals surface area contributed by atoms with Crippen molar-refractivity contribution in [2.45, 2.75) is 26.0 Å². The van der Waals surface area contributed by atoms with Gasteiger partial charge in [-0.25, -0.2) is 9.98 Å². The molecular weight excluding hydrogens is 404 g/mol. The van der Waals surface area contributed by atoms with Crippen LogP contribution in [0.2, 0.25) is 0 Å². The van der Waals surface area contributed by atoms with Crippen LogP contribution in [-0.4, -0.2) is 36.2 Å². The molecule has 0 saturated carbocycles. The standard InChI is InChI=1S/C25H30N4O3/c1-4-26-24(29-18-25(2,30)20-9-6-5-7-10-20)28-17-19-13-14-23(27-16-19)32-22-12-8-11-21(15-22)31-3/h5-16,30H,4,17-18H2,1-3H3,(H2,26,28,29). The van der Waals surface area contributed by atoms with Crippen LogP contribution in [0.4, 0.5) is 0 Å². The van der Waals surface area contributed by atoms with Gasteiger partial charge in [-0.2, -0.15) is 0 Å². The first-order valence-corrected chi connectivity index (χ1v) is 10.6. The summed E-state index contributed by atoms with van der Waals surface area (Å²) in [4.78, 5) is 8.97. The van der Waals surface area contributed by atoms with Crippen molar-refractivity contribution in [2.24, 2.45) is 4.99 Å². The highest BCUT2D eigenvalue weighted by Crippen LogP contribution is 2.24. The van der Waals surface area contributed by atoms with E-state index in [4.69, 9.17) is 9.47 Å². The zero-order chi connectivity index (χ0) is 22.8. The second-order valence-corrected chi connectivity index (χ2v) is 7.47. The van der Waals surface area contributed by atoms with Gasteiger partial charge in [-0.1, -0.05) is 42.5 Å². The fourth-order valence-electron chi connectivity index (χ4n) is 3.02. The van der Waals surface area contributed by atoms with Crippen LogP contribution in [0.3, 0.4) is 0 Å². The van der Waals surface area contributed by atoms with Crippen LogP contribution >= 0.6 is 0 Å². The monoisotopic (exact) mass is 434 g/mol. The molecule has 7 heteroatoms. The van der Waals surface area contributed by atoms with Crippen LogP contribution in [-0.2, 0) is 12.1 Å². The van der Waals surface area contributed by atoms with Crippen LogP contribution in [0.5, 0.6) is 17.4 Å². The van der Waals surface area contributed by atoms with Crippen LogP contribution in [0.1, 0.15) is 25.0 Å². The van der Waals surface area contributed by atoms with Gasteiger partial charge in [0.25, 0.3) is 0 Å². The zero-order valence-electron chi connectivity index (χ0n) is 18.7. The summed E-state index contributed by atoms with van der Waals surface area (Å²) in [5.74, 6) is 2.50. The summed E-state index contributed by atoms with van der Waals surface area (Å²) in [6.45, 7) is 5.26. The molecule has 1 aromatic heterocycles. The number of guanidine groups is 1. The third-order valence-corrected chi connectivity index (χ3v) is 4.82. The quantitative estimate of drug-likeness (QED) is 0.350. The predicted molar refractivity (Wildman–Crippen MR) is 126 cm³/mol. The fourth-order valence-corrected chi connectivity index (χ4v) is 3.02. The number of aliphatic imine (C=N–C) groups is 1. The minimum atomic E-state index is -1.02. The largest absolute Gasteiger partial charge is 0.497 e. The summed E-state index contributed by atoms with van der Waals surface area (Å²) in [5.41, 5.74) is 0.771. The van der Waals surface area contributed by atoms with E-state index in [-0.39, 0.29) is 0 Å². The lowest BCUT2D eigenvalue weighted by atomic mass is 9.96. The molecule has 1 heterocycles. The van der Waals surface area contributed by atoms with Crippen molar-refractivity contribution < 1.29 is 14.6 Å². The highest BCUT2D eigenvalue weighted by Gasteiger charge is 2.22. The summed E-state index contributed by atoms with van der Waals surface area (Å²) in [5, 5.41) is 17.2. The minimum absolute atomic E-state index is 0.328. The van der Waals surface area contributed by atoms with Gasteiger partial charge in [0.2, 0.25) is 5.88 Å². The van der Waals surface area contributed by atoms with E-state index in [2.05, 4.69) is 20.6 Å². The van der Waals surface area contributed by atoms with E-state index >= 15 is 0 Å². The molecule has 0 aliphatic carbocycles. The molecule has 3 N–H and O–H groups in total. The van der Waals surface area contributed by atoms with E-state index in [1.807, 2.05) is 67.6 Å². The van der Waals surface area contributed by atoms with Gasteiger partial charge >= 0.3 is 0 Å². The lowest BCUT2D eigenvalue weighted by molar-refractivity contribution is 0.0617. The summed E-state index contributed by atoms with van der Waals surface area (Å²) < 4.78 is 11.0. The van der Waals surface area contributed by atoms with Crippen LogP contribution in [0.15, 0.2) is 77.9 Å². The Hall–Kier alpha value is -3.58. The van der Waals surface area contributed by atoms with E-state index in [1.54, 1.807) is 26.3 Å². The van der Waals surface area contributed by atoms with Gasteiger partial charge in [-0.05, 0) is 37.1 Å². The SMILES string of the molecule is CCNC(=NCc1ccc(Oc2cccc(OC)c2)nc1)NCC(C)(O)c1ccccc1. The normalized spacial score (nSPS) is 13.2. The number of pyridine rings is 1. The van der Waals surface area contributed by atoms with Gasteiger partial charge in [0.15, 0.2) is 5.96 Å². The van der Waals surface area contributed by atoms with Gasteiger partial charge < -0.3 is 25.2 Å². The molecule has 3 rings (SSSR count). The molecular formula is C25H30N4O3. The smallest absolute Gasteiger partial charge is 0.219 e. The number of methoxy groups -OCH3 is 1. The molecule has 168 valence electrons. The molecule has 0 aliphatic rings. The van der Waals surface area contributed by atoms with Crippen molar-refractivity contribution in [3.63, 3.8) is 0 Å². The number of nitrogens with zero attached hydrogens (tertiary/aromatic N) is 2. The number of ether oxygens (including phenoxy) is 2. The van der Waals surface area contributed by atoms with E-state index in [0.717, 1.165) is 16.9 Å². The second kappa shape index (κ2) is 11.2. The molecule has 0 aliphatic heterocycles. The Morgan fingerprint density at radius 1 is 1.03 bits per heavy atom. The maximum absolute atomic E-state index is 10.8. The van der Waals surface area contributed by atoms with Crippen LogP contribution in [0.25, 0.3) is 0 Å². The number of hydrogen-bond acceptors (Lipinski definition) is 5. The predicted octanol–water partition coefficient (Wildman–Crippen LogP) is 3.85. The minimum Gasteiger partial charge on any atom is -0.497 e. The molecule has 1 unspecified atom stereocenters. The molecule has 2 aromatic carbocycles. The topological polar surface area (TPSA) is 88.0 Å². The number of aliphatic hydroxyl groups is 1. The Kier molecular flexibility index (Phi) is 8.05. The molecule has 3 aromatic rings. The molecule has 7 nitrogen and oxygen atoms in total. The van der Waals surface area contributed by atoms with Crippen LogP contribution < -0.4 is 20.1 Å². The first-order chi connectivity index (χ1) is 15.5. The summed E-state index contributed by atoms with van der Waals surface area (Å²) >= 11 is 0. The summed E-state index contributed by atoms with van der Waals surface area (Å²) in [6.07, 6.45) is 1.74. The van der Waals surface area contributed by atoms with E-state index in [9.17, 15) is 5.11 Å². The third kappa shape index (κ3) is 6.72. The van der Waals surface area contributed by atoms with Gasteiger partial charge in [-0.15, -0.1) is 0 Å². The Labute approximate surface area is 189 Å². The number of hydrogen-bond donors (Lipinski definition) is 3. The molecule has 0 radical (unpaired) electrons. The lowest BCUT2D eigenvalue weighted by Crippen LogP contribution is -2.44. The highest BCUT2D eigenvalue weighted by molar-refractivity contribution is 5.79. The first kappa shape index (κ1) is 23.1. The number of nitrogens with one attached hydrogen (secondary N) is 2. The third-order valence-electron chi connectivity index (χ3n) is 4.82. The second-order valence-electron chi connectivity index (χ2n) is 7.47. The average Bonchev–Trinajstić information content (AvgIpc) is 2.82. The summed E-state index contributed by atoms with van der Waals surface area (Å²) in [7, 11) is 1.62. The van der Waals surface area contributed by atoms with Gasteiger partial charge in [0.1, 0.15) is 17.1 Å². The first-order valence-electron chi connectivity index (χ1n) is 10.6. The average molecular weight is 435 g/mol. The van der Waals surface area contributed by atoms with Crippen LogP contribution in [0, 0.1) is 0 Å². The number of rotatable bonds is 9. The highest BCUT2D eigenvalue weighted by atomic mass is 16.5. The Morgan fingerprint density at radius 2 is 1.81 bits per heavy atom. The van der Waals surface area contributed by atoms with Crippen molar-refractivity contribution in [1.29, 1.82) is 0 Å². The fraction of sp³-hybridized carbons (Fsp3) is 0.280. The van der Waals surface area contributed by atoms with Gasteiger partial charge in [0, 0.05) is 24.9 Å². The van der Waals surface area contributed by atoms with Crippen molar-refractivity contribution in [1.82, 2.24) is 15.6 Å². The summed E-state index contributed by atoms with van der Waals surface area (Å²) in [6, 6.07) is 20.7. The maximum atomic E-state index is 10.8. The molecule has 0 saturated heterocycles. The molecule has 0 bridgehead atoms. The van der Waals surface area contributed by atoms with E-state index < -0.39 is 5.60 Å². The molecule has 0 amide bonds. The maximum Gasteiger partial charge on any atom is 0.219 e. The van der Waals surface area contributed by atoms with Gasteiger partial charge in [-0.3, -0.25) is 0 Å². The van der Waals surface area contributed by atoms with E-state index in [1.165, 1.54) is 0 Å². The number of benzene rings is 2. The molecule has 0 fully saturated rings. The van der Waals surface area contributed by atoms with Crippen molar-refractivity contribution >= 4 is 5.96 Å². The molecule has 32 heavy (non-hydrogen) atoms. The number of aromatic nitrogens is 1.